The summed E-state index contributed by atoms with van der Waals surface area (Å²) >= 11 is 9.42. The number of alkyl halides is 1. The largest absolute Gasteiger partial charge is 0.270 e. The summed E-state index contributed by atoms with van der Waals surface area (Å²) in [5.74, 6) is 0.365. The van der Waals surface area contributed by atoms with E-state index in [-0.39, 0.29) is 5.69 Å². The summed E-state index contributed by atoms with van der Waals surface area (Å²) in [5.41, 5.74) is 1.88. The van der Waals surface area contributed by atoms with Gasteiger partial charge in [-0.3, -0.25) is 10.1 Å². The quantitative estimate of drug-likeness (QED) is 0.459. The smallest absolute Gasteiger partial charge is 0.258 e. The number of non-ortho nitro benzene ring substituents is 1. The van der Waals surface area contributed by atoms with Crippen LogP contribution in [-0.2, 0) is 0 Å². The zero-order valence-corrected chi connectivity index (χ0v) is 12.0. The van der Waals surface area contributed by atoms with Crippen molar-refractivity contribution in [1.82, 2.24) is 0 Å². The molecule has 0 fully saturated rings. The van der Waals surface area contributed by atoms with E-state index in [4.69, 9.17) is 11.6 Å². The van der Waals surface area contributed by atoms with Crippen molar-refractivity contribution in [2.75, 3.05) is 5.33 Å². The Morgan fingerprint density at radius 1 is 1.59 bits per heavy atom. The predicted octanol–water partition coefficient (Wildman–Crippen LogP) is 4.68. The second-order valence-corrected chi connectivity index (χ2v) is 4.94. The molecule has 0 spiro atoms. The van der Waals surface area contributed by atoms with Crippen LogP contribution in [0.25, 0.3) is 6.08 Å². The minimum Gasteiger partial charge on any atom is -0.258 e. The monoisotopic (exact) mass is 317 g/mol. The normalized spacial score (nSPS) is 11.9. The zero-order valence-electron chi connectivity index (χ0n) is 9.61. The van der Waals surface area contributed by atoms with Gasteiger partial charge in [0, 0.05) is 22.5 Å². The molecule has 0 bridgehead atoms. The summed E-state index contributed by atoms with van der Waals surface area (Å²) < 4.78 is 0. The van der Waals surface area contributed by atoms with Crippen molar-refractivity contribution in [2.24, 2.45) is 5.92 Å². The summed E-state index contributed by atoms with van der Waals surface area (Å²) in [6, 6.07) is 4.45. The van der Waals surface area contributed by atoms with Gasteiger partial charge in [-0.1, -0.05) is 53.0 Å². The summed E-state index contributed by atoms with van der Waals surface area (Å²) in [5, 5.41) is 11.9. The summed E-state index contributed by atoms with van der Waals surface area (Å²) in [7, 11) is 0. The average molecular weight is 319 g/mol. The van der Waals surface area contributed by atoms with Gasteiger partial charge in [0.15, 0.2) is 0 Å². The highest BCUT2D eigenvalue weighted by atomic mass is 79.9. The number of nitro benzene ring substituents is 1. The van der Waals surface area contributed by atoms with Gasteiger partial charge in [0.1, 0.15) is 0 Å². The number of benzene rings is 1. The van der Waals surface area contributed by atoms with Crippen molar-refractivity contribution in [2.45, 2.75) is 13.8 Å². The first-order valence-electron chi connectivity index (χ1n) is 5.16. The maximum absolute atomic E-state index is 10.7. The van der Waals surface area contributed by atoms with Gasteiger partial charge in [-0.2, -0.15) is 0 Å². The molecule has 0 aliphatic rings. The number of hydrogen-bond acceptors (Lipinski definition) is 2. The standard InChI is InChI=1S/C12H13BrClNO2/c1-8(2)10(7-13)5-9-6-11(15(16)17)3-4-12(9)14/h3-6,8H,7H2,1-2H3. The lowest BCUT2D eigenvalue weighted by molar-refractivity contribution is -0.384. The molecule has 5 heteroatoms. The molecular formula is C12H13BrClNO2. The van der Waals surface area contributed by atoms with Crippen LogP contribution in [0.5, 0.6) is 0 Å². The lowest BCUT2D eigenvalue weighted by Gasteiger charge is -2.08. The second kappa shape index (κ2) is 6.17. The highest BCUT2D eigenvalue weighted by molar-refractivity contribution is 9.09. The lowest BCUT2D eigenvalue weighted by atomic mass is 10.0. The third-order valence-corrected chi connectivity index (χ3v) is 3.42. The molecule has 1 aromatic carbocycles. The number of rotatable bonds is 4. The van der Waals surface area contributed by atoms with Crippen molar-refractivity contribution >= 4 is 39.3 Å². The molecule has 0 aromatic heterocycles. The number of hydrogen-bond donors (Lipinski definition) is 0. The molecule has 0 unspecified atom stereocenters. The van der Waals surface area contributed by atoms with E-state index in [1.807, 2.05) is 6.08 Å². The van der Waals surface area contributed by atoms with Crippen molar-refractivity contribution in [3.63, 3.8) is 0 Å². The highest BCUT2D eigenvalue weighted by Gasteiger charge is 2.10. The van der Waals surface area contributed by atoms with Crippen LogP contribution in [0.1, 0.15) is 19.4 Å². The third kappa shape index (κ3) is 3.82. The summed E-state index contributed by atoms with van der Waals surface area (Å²) in [6.45, 7) is 4.14. The van der Waals surface area contributed by atoms with E-state index in [0.717, 1.165) is 10.9 Å². The molecule has 0 aliphatic heterocycles. The lowest BCUT2D eigenvalue weighted by Crippen LogP contribution is -1.95. The number of nitro groups is 1. The summed E-state index contributed by atoms with van der Waals surface area (Å²) in [6.07, 6.45) is 1.90. The second-order valence-electron chi connectivity index (χ2n) is 3.97. The van der Waals surface area contributed by atoms with Crippen molar-refractivity contribution in [1.29, 1.82) is 0 Å². The van der Waals surface area contributed by atoms with Crippen molar-refractivity contribution in [3.8, 4) is 0 Å². The number of halogens is 2. The molecule has 0 aliphatic carbocycles. The molecule has 0 amide bonds. The van der Waals surface area contributed by atoms with Gasteiger partial charge in [-0.15, -0.1) is 0 Å². The molecule has 0 saturated heterocycles. The molecule has 0 N–H and O–H groups in total. The Kier molecular flexibility index (Phi) is 5.15. The van der Waals surface area contributed by atoms with Gasteiger partial charge in [0.05, 0.1) is 4.92 Å². The third-order valence-electron chi connectivity index (χ3n) is 2.43. The van der Waals surface area contributed by atoms with Crippen LogP contribution in [0.2, 0.25) is 5.02 Å². The van der Waals surface area contributed by atoms with Gasteiger partial charge in [0.2, 0.25) is 0 Å². The first-order valence-corrected chi connectivity index (χ1v) is 6.66. The molecule has 1 aromatic rings. The van der Waals surface area contributed by atoms with Gasteiger partial charge < -0.3 is 0 Å². The van der Waals surface area contributed by atoms with Crippen LogP contribution in [-0.4, -0.2) is 10.3 Å². The molecular weight excluding hydrogens is 305 g/mol. The maximum atomic E-state index is 10.7. The van der Waals surface area contributed by atoms with Gasteiger partial charge in [0.25, 0.3) is 5.69 Å². The van der Waals surface area contributed by atoms with Crippen LogP contribution in [0.15, 0.2) is 23.8 Å². The molecule has 0 heterocycles. The minimum atomic E-state index is -0.420. The maximum Gasteiger partial charge on any atom is 0.270 e. The van der Waals surface area contributed by atoms with E-state index in [1.54, 1.807) is 6.07 Å². The minimum absolute atomic E-state index is 0.0540. The van der Waals surface area contributed by atoms with Crippen molar-refractivity contribution < 1.29 is 4.92 Å². The van der Waals surface area contributed by atoms with E-state index in [2.05, 4.69) is 29.8 Å². The van der Waals surface area contributed by atoms with E-state index in [9.17, 15) is 10.1 Å². The average Bonchev–Trinajstić information content (AvgIpc) is 2.27. The predicted molar refractivity (Wildman–Crippen MR) is 74.7 cm³/mol. The number of nitrogens with zero attached hydrogens (tertiary/aromatic N) is 1. The fraction of sp³-hybridized carbons (Fsp3) is 0.333. The first-order chi connectivity index (χ1) is 7.95. The molecule has 92 valence electrons. The topological polar surface area (TPSA) is 43.1 Å². The van der Waals surface area contributed by atoms with E-state index >= 15 is 0 Å². The van der Waals surface area contributed by atoms with Crippen LogP contribution in [0.3, 0.4) is 0 Å². The van der Waals surface area contributed by atoms with E-state index in [0.29, 0.717) is 16.5 Å². The van der Waals surface area contributed by atoms with Crippen LogP contribution in [0, 0.1) is 16.0 Å². The molecule has 0 atom stereocenters. The zero-order chi connectivity index (χ0) is 13.0. The van der Waals surface area contributed by atoms with Gasteiger partial charge in [-0.25, -0.2) is 0 Å². The Bertz CT molecular complexity index is 458. The van der Waals surface area contributed by atoms with E-state index in [1.165, 1.54) is 12.1 Å². The Labute approximate surface area is 114 Å². The van der Waals surface area contributed by atoms with Crippen LogP contribution < -0.4 is 0 Å². The van der Waals surface area contributed by atoms with Gasteiger partial charge >= 0.3 is 0 Å². The SMILES string of the molecule is CC(C)C(=Cc1cc([N+](=O)[O-])ccc1Cl)CBr. The molecule has 17 heavy (non-hydrogen) atoms. The molecule has 3 nitrogen and oxygen atoms in total. The Balaban J connectivity index is 3.21. The fourth-order valence-corrected chi connectivity index (χ4v) is 2.30. The van der Waals surface area contributed by atoms with Crippen molar-refractivity contribution in [3.05, 3.63) is 44.5 Å². The van der Waals surface area contributed by atoms with E-state index < -0.39 is 4.92 Å². The first kappa shape index (κ1) is 14.2. The Hall–Kier alpha value is -0.870. The number of allylic oxidation sites excluding steroid dienone is 1. The molecule has 0 radical (unpaired) electrons. The fourth-order valence-electron chi connectivity index (χ4n) is 1.31. The Morgan fingerprint density at radius 2 is 2.24 bits per heavy atom. The molecule has 0 saturated carbocycles. The van der Waals surface area contributed by atoms with Crippen LogP contribution >= 0.6 is 27.5 Å². The van der Waals surface area contributed by atoms with Gasteiger partial charge in [-0.05, 0) is 17.5 Å². The Morgan fingerprint density at radius 3 is 2.71 bits per heavy atom. The summed E-state index contributed by atoms with van der Waals surface area (Å²) in [4.78, 5) is 10.3. The highest BCUT2D eigenvalue weighted by Crippen LogP contribution is 2.26. The molecule has 1 rings (SSSR count). The van der Waals surface area contributed by atoms with Crippen LogP contribution in [0.4, 0.5) is 5.69 Å².